The average molecular weight is 224 g/mol. The van der Waals surface area contributed by atoms with E-state index >= 15 is 0 Å². The molecule has 0 aromatic heterocycles. The fraction of sp³-hybridized carbons (Fsp3) is 0.923. The van der Waals surface area contributed by atoms with Crippen LogP contribution in [0.1, 0.15) is 39.0 Å². The van der Waals surface area contributed by atoms with Gasteiger partial charge in [0.15, 0.2) is 0 Å². The third-order valence-corrected chi connectivity index (χ3v) is 4.21. The molecule has 0 radical (unpaired) electrons. The Morgan fingerprint density at radius 1 is 1.31 bits per heavy atom. The van der Waals surface area contributed by atoms with Gasteiger partial charge in [-0.15, -0.1) is 0 Å². The first kappa shape index (κ1) is 11.9. The normalized spacial score (nSPS) is 35.0. The minimum Gasteiger partial charge on any atom is -0.342 e. The molecule has 0 aromatic carbocycles. The van der Waals surface area contributed by atoms with Crippen LogP contribution in [-0.4, -0.2) is 37.0 Å². The highest BCUT2D eigenvalue weighted by Crippen LogP contribution is 2.27. The van der Waals surface area contributed by atoms with Gasteiger partial charge in [0.25, 0.3) is 0 Å². The monoisotopic (exact) mass is 224 g/mol. The van der Waals surface area contributed by atoms with Crippen LogP contribution in [0.2, 0.25) is 0 Å². The van der Waals surface area contributed by atoms with Crippen molar-refractivity contribution in [2.75, 3.05) is 20.1 Å². The van der Waals surface area contributed by atoms with E-state index in [0.717, 1.165) is 25.4 Å². The number of carbonyl (C=O) groups excluding carboxylic acids is 1. The molecule has 0 spiro atoms. The van der Waals surface area contributed by atoms with Gasteiger partial charge in [0.1, 0.15) is 0 Å². The zero-order chi connectivity index (χ0) is 11.5. The predicted octanol–water partition coefficient (Wildman–Crippen LogP) is 1.63. The molecule has 1 saturated heterocycles. The van der Waals surface area contributed by atoms with Crippen LogP contribution in [0.15, 0.2) is 0 Å². The van der Waals surface area contributed by atoms with Gasteiger partial charge in [-0.05, 0) is 31.7 Å². The maximum absolute atomic E-state index is 12.2. The summed E-state index contributed by atoms with van der Waals surface area (Å²) in [5.41, 5.74) is 0. The average Bonchev–Trinajstić information content (AvgIpc) is 2.80. The van der Waals surface area contributed by atoms with Crippen molar-refractivity contribution in [1.29, 1.82) is 0 Å². The van der Waals surface area contributed by atoms with Crippen LogP contribution in [0, 0.1) is 11.8 Å². The smallest absolute Gasteiger partial charge is 0.227 e. The molecule has 1 saturated carbocycles. The molecule has 1 N–H and O–H groups in total. The van der Waals surface area contributed by atoms with E-state index in [2.05, 4.69) is 12.2 Å². The summed E-state index contributed by atoms with van der Waals surface area (Å²) in [5.74, 6) is 1.39. The molecule has 2 rings (SSSR count). The number of hydrogen-bond donors (Lipinski definition) is 1. The molecule has 0 aromatic rings. The van der Waals surface area contributed by atoms with E-state index in [-0.39, 0.29) is 5.92 Å². The maximum atomic E-state index is 12.2. The summed E-state index contributed by atoms with van der Waals surface area (Å²) in [6, 6.07) is 0.497. The molecule has 1 aliphatic carbocycles. The Bertz CT molecular complexity index is 248. The molecule has 3 unspecified atom stereocenters. The van der Waals surface area contributed by atoms with Crippen molar-refractivity contribution in [1.82, 2.24) is 10.2 Å². The molecular weight excluding hydrogens is 200 g/mol. The lowest BCUT2D eigenvalue weighted by Gasteiger charge is -2.35. The Morgan fingerprint density at radius 3 is 2.75 bits per heavy atom. The highest BCUT2D eigenvalue weighted by Gasteiger charge is 2.30. The molecule has 3 atom stereocenters. The van der Waals surface area contributed by atoms with Crippen molar-refractivity contribution >= 4 is 5.91 Å². The lowest BCUT2D eigenvalue weighted by atomic mass is 9.86. The number of amides is 1. The maximum Gasteiger partial charge on any atom is 0.227 e. The summed E-state index contributed by atoms with van der Waals surface area (Å²) >= 11 is 0. The number of hydrogen-bond acceptors (Lipinski definition) is 2. The number of rotatable bonds is 2. The lowest BCUT2D eigenvalue weighted by Crippen LogP contribution is -2.43. The zero-order valence-electron chi connectivity index (χ0n) is 10.5. The summed E-state index contributed by atoms with van der Waals surface area (Å²) in [4.78, 5) is 14.3. The second kappa shape index (κ2) is 5.17. The zero-order valence-corrected chi connectivity index (χ0v) is 10.5. The Balaban J connectivity index is 1.89. The summed E-state index contributed by atoms with van der Waals surface area (Å²) in [6.45, 7) is 4.19. The van der Waals surface area contributed by atoms with Crippen molar-refractivity contribution in [2.45, 2.75) is 45.1 Å². The molecule has 16 heavy (non-hydrogen) atoms. The summed E-state index contributed by atoms with van der Waals surface area (Å²) < 4.78 is 0. The standard InChI is InChI=1S/C13H24N2O/c1-10-4-3-5-12(8-10)15(2)13(16)11-6-7-14-9-11/h10-12,14H,3-9H2,1-2H3. The van der Waals surface area contributed by atoms with E-state index in [0.29, 0.717) is 11.9 Å². The summed E-state index contributed by atoms with van der Waals surface area (Å²) in [5, 5.41) is 3.27. The first-order chi connectivity index (χ1) is 7.68. The second-order valence-electron chi connectivity index (χ2n) is 5.56. The largest absolute Gasteiger partial charge is 0.342 e. The van der Waals surface area contributed by atoms with Crippen molar-refractivity contribution in [3.63, 3.8) is 0 Å². The molecule has 1 heterocycles. The second-order valence-corrected chi connectivity index (χ2v) is 5.56. The van der Waals surface area contributed by atoms with Gasteiger partial charge in [-0.3, -0.25) is 4.79 Å². The van der Waals surface area contributed by atoms with E-state index in [4.69, 9.17) is 0 Å². The van der Waals surface area contributed by atoms with Crippen LogP contribution in [0.4, 0.5) is 0 Å². The Morgan fingerprint density at radius 2 is 2.12 bits per heavy atom. The highest BCUT2D eigenvalue weighted by atomic mass is 16.2. The molecule has 92 valence electrons. The van der Waals surface area contributed by atoms with Gasteiger partial charge in [0.05, 0.1) is 5.92 Å². The third kappa shape index (κ3) is 2.57. The van der Waals surface area contributed by atoms with Crippen molar-refractivity contribution in [3.05, 3.63) is 0 Å². The van der Waals surface area contributed by atoms with Gasteiger partial charge in [-0.25, -0.2) is 0 Å². The highest BCUT2D eigenvalue weighted by molar-refractivity contribution is 5.79. The number of carbonyl (C=O) groups is 1. The fourth-order valence-electron chi connectivity index (χ4n) is 3.09. The van der Waals surface area contributed by atoms with E-state index < -0.39 is 0 Å². The van der Waals surface area contributed by atoms with Crippen LogP contribution in [0.25, 0.3) is 0 Å². The quantitative estimate of drug-likeness (QED) is 0.773. The van der Waals surface area contributed by atoms with Crippen LogP contribution in [-0.2, 0) is 4.79 Å². The van der Waals surface area contributed by atoms with Crippen LogP contribution in [0.5, 0.6) is 0 Å². The Kier molecular flexibility index (Phi) is 3.85. The van der Waals surface area contributed by atoms with Gasteiger partial charge < -0.3 is 10.2 Å². The Labute approximate surface area is 98.6 Å². The number of nitrogens with zero attached hydrogens (tertiary/aromatic N) is 1. The fourth-order valence-corrected chi connectivity index (χ4v) is 3.09. The van der Waals surface area contributed by atoms with Crippen LogP contribution >= 0.6 is 0 Å². The minimum absolute atomic E-state index is 0.238. The van der Waals surface area contributed by atoms with Gasteiger partial charge in [-0.2, -0.15) is 0 Å². The van der Waals surface area contributed by atoms with E-state index in [1.807, 2.05) is 11.9 Å². The summed E-state index contributed by atoms with van der Waals surface area (Å²) in [7, 11) is 2.00. The van der Waals surface area contributed by atoms with Gasteiger partial charge in [-0.1, -0.05) is 19.8 Å². The molecule has 0 bridgehead atoms. The van der Waals surface area contributed by atoms with Crippen molar-refractivity contribution in [2.24, 2.45) is 11.8 Å². The van der Waals surface area contributed by atoms with Crippen LogP contribution < -0.4 is 5.32 Å². The third-order valence-electron chi connectivity index (χ3n) is 4.21. The first-order valence-electron chi connectivity index (χ1n) is 6.66. The molecular formula is C13H24N2O. The minimum atomic E-state index is 0.238. The molecule has 1 aliphatic heterocycles. The SMILES string of the molecule is CC1CCCC(N(C)C(=O)C2CCNC2)C1. The molecule has 2 fully saturated rings. The summed E-state index contributed by atoms with van der Waals surface area (Å²) in [6.07, 6.45) is 6.04. The van der Waals surface area contributed by atoms with Crippen molar-refractivity contribution in [3.8, 4) is 0 Å². The molecule has 3 nitrogen and oxygen atoms in total. The molecule has 2 aliphatic rings. The predicted molar refractivity (Wildman–Crippen MR) is 65.2 cm³/mol. The lowest BCUT2D eigenvalue weighted by molar-refractivity contribution is -0.136. The van der Waals surface area contributed by atoms with E-state index in [1.54, 1.807) is 0 Å². The van der Waals surface area contributed by atoms with Crippen LogP contribution in [0.3, 0.4) is 0 Å². The van der Waals surface area contributed by atoms with Crippen molar-refractivity contribution < 1.29 is 4.79 Å². The molecule has 3 heteroatoms. The number of nitrogens with one attached hydrogen (secondary N) is 1. The van der Waals surface area contributed by atoms with Gasteiger partial charge >= 0.3 is 0 Å². The van der Waals surface area contributed by atoms with Gasteiger partial charge in [0.2, 0.25) is 5.91 Å². The van der Waals surface area contributed by atoms with E-state index in [1.165, 1.54) is 25.7 Å². The topological polar surface area (TPSA) is 32.3 Å². The van der Waals surface area contributed by atoms with E-state index in [9.17, 15) is 4.79 Å². The van der Waals surface area contributed by atoms with Gasteiger partial charge in [0, 0.05) is 19.6 Å². The Hall–Kier alpha value is -0.570. The first-order valence-corrected chi connectivity index (χ1v) is 6.66. The molecule has 1 amide bonds.